The monoisotopic (exact) mass is 468 g/mol. The molecule has 2 N–H and O–H groups in total. The lowest BCUT2D eigenvalue weighted by Crippen LogP contribution is -2.20. The molecule has 8 heteroatoms. The van der Waals surface area contributed by atoms with Crippen molar-refractivity contribution in [2.45, 2.75) is 50.5 Å². The summed E-state index contributed by atoms with van der Waals surface area (Å²) in [6.45, 7) is 0. The Hall–Kier alpha value is -2.45. The summed E-state index contributed by atoms with van der Waals surface area (Å²) in [5, 5.41) is 9.05. The van der Waals surface area contributed by atoms with Crippen LogP contribution in [0.4, 0.5) is 5.82 Å². The summed E-state index contributed by atoms with van der Waals surface area (Å²) in [6, 6.07) is 0. The molecular weight excluding hydrogens is 444 g/mol. The van der Waals surface area contributed by atoms with Gasteiger partial charge in [-0.15, -0.1) is 0 Å². The van der Waals surface area contributed by atoms with Gasteiger partial charge in [0.15, 0.2) is 5.65 Å². The fourth-order valence-corrected chi connectivity index (χ4v) is 5.01. The van der Waals surface area contributed by atoms with Crippen LogP contribution in [0.15, 0.2) is 41.3 Å². The topological polar surface area (TPSA) is 83.3 Å². The van der Waals surface area contributed by atoms with Gasteiger partial charge in [-0.25, -0.2) is 9.67 Å². The van der Waals surface area contributed by atoms with Crippen LogP contribution in [0, 0.1) is 0 Å². The highest BCUT2D eigenvalue weighted by Crippen LogP contribution is 2.39. The highest BCUT2D eigenvalue weighted by molar-refractivity contribution is 9.10. The van der Waals surface area contributed by atoms with Gasteiger partial charge in [0.25, 0.3) is 0 Å². The number of methoxy groups -OCH3 is 1. The molecule has 156 valence electrons. The zero-order valence-electron chi connectivity index (χ0n) is 17.0. The number of anilines is 1. The van der Waals surface area contributed by atoms with Crippen LogP contribution < -0.4 is 5.73 Å². The molecule has 7 nitrogen and oxygen atoms in total. The minimum atomic E-state index is 0.348. The number of rotatable bonds is 4. The quantitative estimate of drug-likeness (QED) is 0.594. The van der Waals surface area contributed by atoms with E-state index in [1.807, 2.05) is 23.3 Å². The third-order valence-corrected chi connectivity index (χ3v) is 6.99. The Morgan fingerprint density at radius 1 is 1.13 bits per heavy atom. The van der Waals surface area contributed by atoms with Crippen LogP contribution in [0.5, 0.6) is 0 Å². The normalized spacial score (nSPS) is 21.9. The van der Waals surface area contributed by atoms with Crippen LogP contribution in [-0.4, -0.2) is 37.6 Å². The maximum Gasteiger partial charge on any atom is 0.165 e. The van der Waals surface area contributed by atoms with E-state index in [-0.39, 0.29) is 0 Å². The number of nitrogens with two attached hydrogens (primary N) is 1. The van der Waals surface area contributed by atoms with E-state index in [0.29, 0.717) is 17.8 Å². The van der Waals surface area contributed by atoms with E-state index in [2.05, 4.69) is 44.4 Å². The zero-order valence-corrected chi connectivity index (χ0v) is 18.5. The largest absolute Gasteiger partial charge is 0.383 e. The first-order chi connectivity index (χ1) is 14.7. The van der Waals surface area contributed by atoms with Crippen molar-refractivity contribution in [1.29, 1.82) is 0 Å². The Bertz CT molecular complexity index is 1140. The smallest absolute Gasteiger partial charge is 0.165 e. The van der Waals surface area contributed by atoms with Crippen molar-refractivity contribution in [3.05, 3.63) is 47.0 Å². The minimum Gasteiger partial charge on any atom is -0.383 e. The molecule has 2 aliphatic rings. The Kier molecular flexibility index (Phi) is 5.20. The van der Waals surface area contributed by atoms with Gasteiger partial charge >= 0.3 is 0 Å². The van der Waals surface area contributed by atoms with E-state index in [1.54, 1.807) is 11.6 Å². The third-order valence-electron chi connectivity index (χ3n) is 6.18. The van der Waals surface area contributed by atoms with Crippen LogP contribution in [0.1, 0.15) is 50.1 Å². The molecule has 0 amide bonds. The van der Waals surface area contributed by atoms with Crippen molar-refractivity contribution in [2.24, 2.45) is 0 Å². The van der Waals surface area contributed by atoms with Crippen molar-refractivity contribution in [1.82, 2.24) is 24.4 Å². The van der Waals surface area contributed by atoms with Crippen LogP contribution in [-0.2, 0) is 4.74 Å². The fourth-order valence-electron chi connectivity index (χ4n) is 4.43. The summed E-state index contributed by atoms with van der Waals surface area (Å²) < 4.78 is 9.99. The van der Waals surface area contributed by atoms with Crippen LogP contribution in [0.3, 0.4) is 0 Å². The second kappa shape index (κ2) is 8.00. The van der Waals surface area contributed by atoms with Gasteiger partial charge in [-0.2, -0.15) is 14.7 Å². The lowest BCUT2D eigenvalue weighted by atomic mass is 9.85. The Balaban J connectivity index is 1.53. The average Bonchev–Trinajstić information content (AvgIpc) is 3.44. The molecular formula is C22H25BrN6O. The molecule has 30 heavy (non-hydrogen) atoms. The minimum absolute atomic E-state index is 0.348. The maximum atomic E-state index is 6.44. The molecule has 2 aliphatic carbocycles. The Labute approximate surface area is 183 Å². The van der Waals surface area contributed by atoms with Gasteiger partial charge in [0.05, 0.1) is 34.4 Å². The lowest BCUT2D eigenvalue weighted by molar-refractivity contribution is 0.0654. The predicted octanol–water partition coefficient (Wildman–Crippen LogP) is 4.80. The van der Waals surface area contributed by atoms with Gasteiger partial charge in [-0.05, 0) is 60.5 Å². The number of hydrogen-bond donors (Lipinski definition) is 1. The van der Waals surface area contributed by atoms with E-state index in [1.165, 1.54) is 0 Å². The van der Waals surface area contributed by atoms with Gasteiger partial charge in [0, 0.05) is 30.4 Å². The van der Waals surface area contributed by atoms with Crippen LogP contribution in [0.2, 0.25) is 0 Å². The lowest BCUT2D eigenvalue weighted by Gasteiger charge is -2.28. The van der Waals surface area contributed by atoms with Crippen molar-refractivity contribution in [3.8, 4) is 11.1 Å². The van der Waals surface area contributed by atoms with Crippen molar-refractivity contribution >= 4 is 33.1 Å². The number of nitrogen functional groups attached to an aromatic ring is 1. The molecule has 0 atom stereocenters. The number of hydrogen-bond acceptors (Lipinski definition) is 5. The molecule has 3 aromatic rings. The van der Waals surface area contributed by atoms with Crippen LogP contribution in [0.25, 0.3) is 22.5 Å². The van der Waals surface area contributed by atoms with Crippen LogP contribution >= 0.6 is 15.9 Å². The summed E-state index contributed by atoms with van der Waals surface area (Å²) in [5.74, 6) is 0.946. The first-order valence-electron chi connectivity index (χ1n) is 10.4. The van der Waals surface area contributed by atoms with Crippen molar-refractivity contribution < 1.29 is 4.74 Å². The number of aromatic nitrogens is 5. The first kappa shape index (κ1) is 19.5. The molecule has 0 aliphatic heterocycles. The molecule has 1 saturated carbocycles. The highest BCUT2D eigenvalue weighted by Gasteiger charge is 2.27. The van der Waals surface area contributed by atoms with Crippen molar-refractivity contribution in [2.75, 3.05) is 12.8 Å². The molecule has 0 aromatic carbocycles. The molecule has 5 rings (SSSR count). The molecule has 1 fully saturated rings. The second-order valence-electron chi connectivity index (χ2n) is 7.98. The molecule has 0 unspecified atom stereocenters. The summed E-state index contributed by atoms with van der Waals surface area (Å²) in [5.41, 5.74) is 11.2. The maximum absolute atomic E-state index is 6.44. The molecule has 3 aromatic heterocycles. The number of nitrogens with zero attached hydrogens (tertiary/aromatic N) is 5. The molecule has 0 spiro atoms. The van der Waals surface area contributed by atoms with Crippen molar-refractivity contribution in [3.63, 3.8) is 0 Å². The van der Waals surface area contributed by atoms with Gasteiger partial charge in [0.2, 0.25) is 0 Å². The Morgan fingerprint density at radius 3 is 2.70 bits per heavy atom. The predicted molar refractivity (Wildman–Crippen MR) is 121 cm³/mol. The van der Waals surface area contributed by atoms with E-state index in [0.717, 1.165) is 71.2 Å². The van der Waals surface area contributed by atoms with E-state index >= 15 is 0 Å². The van der Waals surface area contributed by atoms with E-state index in [4.69, 9.17) is 15.5 Å². The SMILES string of the molecule is COC1CCC(c2nc3c(-c4cnn(C5=CCCC=C5)c4)cnn3c(N)c2Br)CC1. The number of fused-ring (bicyclic) bond motifs is 1. The zero-order chi connectivity index (χ0) is 20.7. The summed E-state index contributed by atoms with van der Waals surface area (Å²) in [6.07, 6.45) is 18.9. The van der Waals surface area contributed by atoms with Gasteiger partial charge in [0.1, 0.15) is 5.82 Å². The fraction of sp³-hybridized carbons (Fsp3) is 0.409. The number of ether oxygens (including phenoxy) is 1. The standard InChI is InChI=1S/C22H25BrN6O/c1-30-17-9-7-14(8-10-17)20-19(23)21(24)29-22(27-20)18(12-26-29)15-11-25-28(13-15)16-5-3-2-4-6-16/h3,5-6,11-14,17H,2,4,7-10,24H2,1H3. The molecule has 0 radical (unpaired) electrons. The van der Waals surface area contributed by atoms with Gasteiger partial charge in [-0.3, -0.25) is 0 Å². The average molecular weight is 469 g/mol. The molecule has 0 bridgehead atoms. The second-order valence-corrected chi connectivity index (χ2v) is 8.77. The van der Waals surface area contributed by atoms with Gasteiger partial charge < -0.3 is 10.5 Å². The Morgan fingerprint density at radius 2 is 1.97 bits per heavy atom. The van der Waals surface area contributed by atoms with E-state index in [9.17, 15) is 0 Å². The number of halogens is 1. The molecule has 0 saturated heterocycles. The first-order valence-corrected chi connectivity index (χ1v) is 11.2. The summed E-state index contributed by atoms with van der Waals surface area (Å²) in [7, 11) is 1.79. The summed E-state index contributed by atoms with van der Waals surface area (Å²) in [4.78, 5) is 5.04. The highest BCUT2D eigenvalue weighted by atomic mass is 79.9. The molecule has 3 heterocycles. The van der Waals surface area contributed by atoms with Gasteiger partial charge in [-0.1, -0.05) is 12.2 Å². The summed E-state index contributed by atoms with van der Waals surface area (Å²) >= 11 is 3.68. The third kappa shape index (κ3) is 3.37. The van der Waals surface area contributed by atoms with E-state index < -0.39 is 0 Å². The number of allylic oxidation sites excluding steroid dienone is 4.